The number of hydrogen-bond donors (Lipinski definition) is 1. The molecular formula is C30H34Cl3N3O5S. The molecule has 8 nitrogen and oxygen atoms in total. The van der Waals surface area contributed by atoms with Gasteiger partial charge in [-0.2, -0.15) is 0 Å². The average Bonchev–Trinajstić information content (AvgIpc) is 2.93. The molecule has 3 aromatic rings. The Bertz CT molecular complexity index is 1480. The molecule has 0 saturated carbocycles. The van der Waals surface area contributed by atoms with Gasteiger partial charge < -0.3 is 15.0 Å². The van der Waals surface area contributed by atoms with Crippen molar-refractivity contribution in [2.75, 3.05) is 17.5 Å². The Morgan fingerprint density at radius 2 is 1.52 bits per heavy atom. The van der Waals surface area contributed by atoms with E-state index in [1.54, 1.807) is 56.3 Å². The van der Waals surface area contributed by atoms with Crippen LogP contribution in [0.2, 0.25) is 15.1 Å². The molecule has 0 spiro atoms. The fraction of sp³-hybridized carbons (Fsp3) is 0.333. The molecule has 0 aliphatic heterocycles. The third-order valence-corrected chi connectivity index (χ3v) is 9.06. The van der Waals surface area contributed by atoms with E-state index in [1.807, 2.05) is 13.8 Å². The second-order valence-corrected chi connectivity index (χ2v) is 12.8. The molecule has 0 saturated heterocycles. The number of carbonyl (C=O) groups excluding carboxylic acids is 2. The van der Waals surface area contributed by atoms with Gasteiger partial charge in [-0.15, -0.1) is 0 Å². The minimum Gasteiger partial charge on any atom is -0.492 e. The number of nitrogens with zero attached hydrogens (tertiary/aromatic N) is 2. The van der Waals surface area contributed by atoms with Crippen molar-refractivity contribution in [2.24, 2.45) is 0 Å². The molecule has 12 heteroatoms. The molecule has 0 radical (unpaired) electrons. The van der Waals surface area contributed by atoms with Gasteiger partial charge in [-0.25, -0.2) is 8.42 Å². The zero-order valence-corrected chi connectivity index (χ0v) is 26.9. The van der Waals surface area contributed by atoms with Crippen LogP contribution in [0.3, 0.4) is 0 Å². The quantitative estimate of drug-likeness (QED) is 0.225. The highest BCUT2D eigenvalue weighted by molar-refractivity contribution is 7.92. The van der Waals surface area contributed by atoms with E-state index in [-0.39, 0.29) is 47.9 Å². The number of para-hydroxylation sites is 2. The Balaban J connectivity index is 2.15. The zero-order valence-electron chi connectivity index (χ0n) is 23.8. The van der Waals surface area contributed by atoms with Crippen LogP contribution in [0.25, 0.3) is 0 Å². The Hall–Kier alpha value is -2.98. The van der Waals surface area contributed by atoms with Crippen LogP contribution in [0, 0.1) is 0 Å². The molecule has 0 unspecified atom stereocenters. The predicted octanol–water partition coefficient (Wildman–Crippen LogP) is 6.57. The van der Waals surface area contributed by atoms with Crippen LogP contribution in [-0.4, -0.2) is 50.4 Å². The summed E-state index contributed by atoms with van der Waals surface area (Å²) in [5.74, 6) is -0.748. The lowest BCUT2D eigenvalue weighted by Gasteiger charge is -2.34. The molecule has 2 amide bonds. The number of rotatable bonds is 13. The van der Waals surface area contributed by atoms with Crippen molar-refractivity contribution in [1.29, 1.82) is 0 Å². The number of carbonyl (C=O) groups is 2. The fourth-order valence-corrected chi connectivity index (χ4v) is 6.41. The van der Waals surface area contributed by atoms with Gasteiger partial charge in [-0.05, 0) is 75.7 Å². The summed E-state index contributed by atoms with van der Waals surface area (Å²) in [6.45, 7) is 6.68. The molecule has 0 aliphatic carbocycles. The van der Waals surface area contributed by atoms with Crippen molar-refractivity contribution in [2.45, 2.75) is 57.6 Å². The van der Waals surface area contributed by atoms with Gasteiger partial charge in [0.2, 0.25) is 11.8 Å². The number of benzene rings is 3. The van der Waals surface area contributed by atoms with E-state index in [9.17, 15) is 18.0 Å². The first-order chi connectivity index (χ1) is 19.9. The first-order valence-electron chi connectivity index (χ1n) is 13.4. The summed E-state index contributed by atoms with van der Waals surface area (Å²) in [5, 5.41) is 3.83. The summed E-state index contributed by atoms with van der Waals surface area (Å²) in [5.41, 5.74) is 0.602. The van der Waals surface area contributed by atoms with Crippen LogP contribution in [0.15, 0.2) is 71.6 Å². The minimum absolute atomic E-state index is 0.0729. The molecule has 0 fully saturated rings. The molecule has 226 valence electrons. The first kappa shape index (κ1) is 33.5. The number of hydrogen-bond acceptors (Lipinski definition) is 5. The van der Waals surface area contributed by atoms with E-state index in [2.05, 4.69) is 5.32 Å². The van der Waals surface area contributed by atoms with Gasteiger partial charge >= 0.3 is 0 Å². The van der Waals surface area contributed by atoms with Crippen LogP contribution >= 0.6 is 34.8 Å². The molecule has 0 bridgehead atoms. The molecule has 3 rings (SSSR count). The highest BCUT2D eigenvalue weighted by atomic mass is 35.5. The van der Waals surface area contributed by atoms with Gasteiger partial charge in [-0.1, -0.05) is 59.9 Å². The molecule has 42 heavy (non-hydrogen) atoms. The van der Waals surface area contributed by atoms with E-state index in [0.29, 0.717) is 20.6 Å². The van der Waals surface area contributed by atoms with E-state index in [0.717, 1.165) is 4.31 Å². The highest BCUT2D eigenvalue weighted by Gasteiger charge is 2.35. The fourth-order valence-electron chi connectivity index (χ4n) is 4.34. The number of ether oxygens (including phenoxy) is 1. The molecule has 1 atom stereocenters. The van der Waals surface area contributed by atoms with Gasteiger partial charge in [0.1, 0.15) is 18.3 Å². The lowest BCUT2D eigenvalue weighted by molar-refractivity contribution is -0.140. The van der Waals surface area contributed by atoms with Crippen LogP contribution in [0.4, 0.5) is 5.69 Å². The molecule has 0 aliphatic rings. The molecule has 1 N–H and O–H groups in total. The van der Waals surface area contributed by atoms with E-state index in [4.69, 9.17) is 39.5 Å². The number of halogens is 3. The average molecular weight is 655 g/mol. The Morgan fingerprint density at radius 3 is 2.10 bits per heavy atom. The minimum atomic E-state index is -4.31. The van der Waals surface area contributed by atoms with Crippen LogP contribution in [0.5, 0.6) is 5.75 Å². The van der Waals surface area contributed by atoms with E-state index < -0.39 is 28.5 Å². The standard InChI is InChI=1S/C30H34Cl3N3O5S/c1-5-26(30(38)34-20(3)4)35(18-23-24(32)10-9-11-25(23)33)29(37)19-36(27-12-7-8-13-28(27)41-6-2)42(39,40)22-16-14-21(31)15-17-22/h7-17,20,26H,5-6,18-19H2,1-4H3,(H,34,38)/t26-/m0/s1. The zero-order chi connectivity index (χ0) is 31.0. The predicted molar refractivity (Wildman–Crippen MR) is 168 cm³/mol. The third kappa shape index (κ3) is 8.10. The lowest BCUT2D eigenvalue weighted by atomic mass is 10.1. The van der Waals surface area contributed by atoms with Gasteiger partial charge in [0.05, 0.1) is 17.2 Å². The summed E-state index contributed by atoms with van der Waals surface area (Å²) >= 11 is 18.9. The van der Waals surface area contributed by atoms with Gasteiger partial charge in [0.25, 0.3) is 10.0 Å². The highest BCUT2D eigenvalue weighted by Crippen LogP contribution is 2.34. The number of amides is 2. The van der Waals surface area contributed by atoms with Crippen molar-refractivity contribution in [3.8, 4) is 5.75 Å². The maximum atomic E-state index is 14.2. The Kier molecular flexibility index (Phi) is 11.9. The summed E-state index contributed by atoms with van der Waals surface area (Å²) in [6, 6.07) is 16.0. The summed E-state index contributed by atoms with van der Waals surface area (Å²) < 4.78 is 34.9. The monoisotopic (exact) mass is 653 g/mol. The normalized spacial score (nSPS) is 12.1. The maximum absolute atomic E-state index is 14.2. The van der Waals surface area contributed by atoms with Crippen LogP contribution < -0.4 is 14.4 Å². The van der Waals surface area contributed by atoms with Crippen LogP contribution in [0.1, 0.15) is 39.7 Å². The number of sulfonamides is 1. The maximum Gasteiger partial charge on any atom is 0.264 e. The van der Waals surface area contributed by atoms with Crippen molar-refractivity contribution >= 4 is 62.3 Å². The second-order valence-electron chi connectivity index (χ2n) is 9.68. The smallest absolute Gasteiger partial charge is 0.264 e. The summed E-state index contributed by atoms with van der Waals surface area (Å²) in [7, 11) is -4.31. The molecule has 0 aromatic heterocycles. The first-order valence-corrected chi connectivity index (χ1v) is 16.0. The lowest BCUT2D eigenvalue weighted by Crippen LogP contribution is -2.53. The van der Waals surface area contributed by atoms with Crippen molar-refractivity contribution in [3.05, 3.63) is 87.4 Å². The second kappa shape index (κ2) is 15.0. The van der Waals surface area contributed by atoms with Gasteiger partial charge in [0.15, 0.2) is 0 Å². The topological polar surface area (TPSA) is 96.0 Å². The van der Waals surface area contributed by atoms with Crippen molar-refractivity contribution in [1.82, 2.24) is 10.2 Å². The molecular weight excluding hydrogens is 621 g/mol. The van der Waals surface area contributed by atoms with E-state index in [1.165, 1.54) is 29.2 Å². The van der Waals surface area contributed by atoms with Crippen molar-refractivity contribution < 1.29 is 22.7 Å². The molecule has 0 heterocycles. The summed E-state index contributed by atoms with van der Waals surface area (Å²) in [6.07, 6.45) is 0.256. The Labute approximate surface area is 262 Å². The van der Waals surface area contributed by atoms with E-state index >= 15 is 0 Å². The van der Waals surface area contributed by atoms with Crippen LogP contribution in [-0.2, 0) is 26.2 Å². The largest absolute Gasteiger partial charge is 0.492 e. The van der Waals surface area contributed by atoms with Gasteiger partial charge in [-0.3, -0.25) is 13.9 Å². The number of anilines is 1. The number of nitrogens with one attached hydrogen (secondary N) is 1. The van der Waals surface area contributed by atoms with Crippen molar-refractivity contribution in [3.63, 3.8) is 0 Å². The third-order valence-electron chi connectivity index (χ3n) is 6.32. The SMILES string of the molecule is CCOc1ccccc1N(CC(=O)N(Cc1c(Cl)cccc1Cl)[C@@H](CC)C(=O)NC(C)C)S(=O)(=O)c1ccc(Cl)cc1. The summed E-state index contributed by atoms with van der Waals surface area (Å²) in [4.78, 5) is 28.8. The van der Waals surface area contributed by atoms with Gasteiger partial charge in [0, 0.05) is 33.2 Å². The Morgan fingerprint density at radius 1 is 0.905 bits per heavy atom. The molecule has 3 aromatic carbocycles.